The molecular formula is C26H53NO6. The Labute approximate surface area is 203 Å². The van der Waals surface area contributed by atoms with Gasteiger partial charge in [0.25, 0.3) is 0 Å². The van der Waals surface area contributed by atoms with Crippen molar-refractivity contribution >= 4 is 5.91 Å². The van der Waals surface area contributed by atoms with Crippen molar-refractivity contribution in [3.05, 3.63) is 0 Å². The van der Waals surface area contributed by atoms with Gasteiger partial charge in [0.15, 0.2) is 0 Å². The van der Waals surface area contributed by atoms with Crippen LogP contribution in [0.1, 0.15) is 97.8 Å². The highest BCUT2D eigenvalue weighted by atomic mass is 16.5. The third-order valence-corrected chi connectivity index (χ3v) is 5.68. The molecule has 0 saturated heterocycles. The standard InChI is InChI=1S/C26H53NO6/c1-4-7-8-9-10-11-12-13-14-15-18-32-23-25(33-22-24(29)21-28)20-27(26(30)5-2)17-16-19-31-6-3/h24-25,28-29H,4-23H2,1-3H3. The summed E-state index contributed by atoms with van der Waals surface area (Å²) in [4.78, 5) is 14.2. The van der Waals surface area contributed by atoms with Crippen molar-refractivity contribution in [1.29, 1.82) is 0 Å². The molecule has 33 heavy (non-hydrogen) atoms. The maximum Gasteiger partial charge on any atom is 0.222 e. The van der Waals surface area contributed by atoms with E-state index in [0.29, 0.717) is 45.9 Å². The van der Waals surface area contributed by atoms with Gasteiger partial charge in [-0.3, -0.25) is 4.79 Å². The fraction of sp³-hybridized carbons (Fsp3) is 0.962. The van der Waals surface area contributed by atoms with Crippen LogP contribution in [0.25, 0.3) is 0 Å². The van der Waals surface area contributed by atoms with Gasteiger partial charge in [0.1, 0.15) is 6.10 Å². The summed E-state index contributed by atoms with van der Waals surface area (Å²) < 4.78 is 17.0. The molecule has 0 aliphatic rings. The van der Waals surface area contributed by atoms with Gasteiger partial charge >= 0.3 is 0 Å². The highest BCUT2D eigenvalue weighted by Crippen LogP contribution is 2.11. The second kappa shape index (κ2) is 24.4. The summed E-state index contributed by atoms with van der Waals surface area (Å²) in [6, 6.07) is 0. The molecule has 0 heterocycles. The number of amides is 1. The maximum absolute atomic E-state index is 12.4. The van der Waals surface area contributed by atoms with Crippen molar-refractivity contribution in [1.82, 2.24) is 4.90 Å². The molecule has 0 aliphatic carbocycles. The zero-order valence-corrected chi connectivity index (χ0v) is 21.8. The van der Waals surface area contributed by atoms with Gasteiger partial charge in [-0.25, -0.2) is 0 Å². The summed E-state index contributed by atoms with van der Waals surface area (Å²) in [6.07, 6.45) is 12.8. The second-order valence-corrected chi connectivity index (χ2v) is 8.79. The van der Waals surface area contributed by atoms with Gasteiger partial charge in [-0.15, -0.1) is 0 Å². The first-order valence-electron chi connectivity index (χ1n) is 13.4. The van der Waals surface area contributed by atoms with Crippen molar-refractivity contribution in [2.45, 2.75) is 110 Å². The first kappa shape index (κ1) is 32.3. The number of carbonyl (C=O) groups excluding carboxylic acids is 1. The molecule has 0 aromatic heterocycles. The van der Waals surface area contributed by atoms with E-state index in [4.69, 9.17) is 19.3 Å². The minimum absolute atomic E-state index is 0.0237. The minimum atomic E-state index is -0.928. The summed E-state index contributed by atoms with van der Waals surface area (Å²) in [5.41, 5.74) is 0. The van der Waals surface area contributed by atoms with Crippen molar-refractivity contribution in [3.8, 4) is 0 Å². The number of unbranched alkanes of at least 4 members (excludes halogenated alkanes) is 9. The number of hydrogen-bond acceptors (Lipinski definition) is 6. The lowest BCUT2D eigenvalue weighted by Gasteiger charge is -2.28. The molecule has 0 aromatic rings. The fourth-order valence-electron chi connectivity index (χ4n) is 3.65. The number of aliphatic hydroxyl groups excluding tert-OH is 2. The summed E-state index contributed by atoms with van der Waals surface area (Å²) >= 11 is 0. The van der Waals surface area contributed by atoms with Crippen LogP contribution < -0.4 is 0 Å². The number of hydrogen-bond donors (Lipinski definition) is 2. The van der Waals surface area contributed by atoms with Crippen molar-refractivity contribution in [2.75, 3.05) is 52.7 Å². The second-order valence-electron chi connectivity index (χ2n) is 8.79. The Balaban J connectivity index is 4.25. The van der Waals surface area contributed by atoms with Gasteiger partial charge in [-0.1, -0.05) is 71.6 Å². The van der Waals surface area contributed by atoms with Crippen LogP contribution in [-0.4, -0.2) is 86.0 Å². The number of aliphatic hydroxyl groups is 2. The third kappa shape index (κ3) is 20.4. The Kier molecular flexibility index (Phi) is 23.9. The fourth-order valence-corrected chi connectivity index (χ4v) is 3.65. The van der Waals surface area contributed by atoms with E-state index in [1.165, 1.54) is 57.8 Å². The predicted molar refractivity (Wildman–Crippen MR) is 133 cm³/mol. The summed E-state index contributed by atoms with van der Waals surface area (Å²) in [7, 11) is 0. The van der Waals surface area contributed by atoms with Gasteiger partial charge in [0.2, 0.25) is 5.91 Å². The van der Waals surface area contributed by atoms with Gasteiger partial charge in [0.05, 0.1) is 25.9 Å². The molecule has 198 valence electrons. The SMILES string of the molecule is CCCCCCCCCCCCOCC(CN(CCCOCC)C(=O)CC)OCC(O)CO. The topological polar surface area (TPSA) is 88.5 Å². The van der Waals surface area contributed by atoms with Gasteiger partial charge in [-0.05, 0) is 19.8 Å². The Morgan fingerprint density at radius 3 is 2.00 bits per heavy atom. The van der Waals surface area contributed by atoms with Crippen LogP contribution in [0.15, 0.2) is 0 Å². The smallest absolute Gasteiger partial charge is 0.222 e. The number of ether oxygens (including phenoxy) is 3. The molecule has 0 radical (unpaired) electrons. The van der Waals surface area contributed by atoms with E-state index in [-0.39, 0.29) is 25.2 Å². The minimum Gasteiger partial charge on any atom is -0.394 e. The molecule has 2 N–H and O–H groups in total. The van der Waals surface area contributed by atoms with E-state index in [1.807, 2.05) is 13.8 Å². The van der Waals surface area contributed by atoms with Crippen LogP contribution in [0.5, 0.6) is 0 Å². The molecule has 0 saturated carbocycles. The largest absolute Gasteiger partial charge is 0.394 e. The Bertz CT molecular complexity index is 424. The van der Waals surface area contributed by atoms with Crippen molar-refractivity contribution in [3.63, 3.8) is 0 Å². The van der Waals surface area contributed by atoms with Crippen LogP contribution in [0.2, 0.25) is 0 Å². The monoisotopic (exact) mass is 475 g/mol. The predicted octanol–water partition coefficient (Wildman–Crippen LogP) is 4.33. The van der Waals surface area contributed by atoms with E-state index in [2.05, 4.69) is 6.92 Å². The molecule has 0 bridgehead atoms. The van der Waals surface area contributed by atoms with Crippen LogP contribution in [-0.2, 0) is 19.0 Å². The molecule has 0 fully saturated rings. The van der Waals surface area contributed by atoms with Gasteiger partial charge < -0.3 is 29.3 Å². The molecule has 1 amide bonds. The van der Waals surface area contributed by atoms with Crippen LogP contribution >= 0.6 is 0 Å². The summed E-state index contributed by atoms with van der Waals surface area (Å²) in [5, 5.41) is 18.7. The number of rotatable bonds is 25. The van der Waals surface area contributed by atoms with E-state index < -0.39 is 6.10 Å². The van der Waals surface area contributed by atoms with Gasteiger partial charge in [0, 0.05) is 39.3 Å². The quantitative estimate of drug-likeness (QED) is 0.191. The lowest BCUT2D eigenvalue weighted by molar-refractivity contribution is -0.135. The van der Waals surface area contributed by atoms with Gasteiger partial charge in [-0.2, -0.15) is 0 Å². The molecule has 2 atom stereocenters. The number of nitrogens with zero attached hydrogens (tertiary/aromatic N) is 1. The molecule has 0 spiro atoms. The molecular weight excluding hydrogens is 422 g/mol. The first-order valence-corrected chi connectivity index (χ1v) is 13.4. The number of carbonyl (C=O) groups is 1. The molecule has 0 aromatic carbocycles. The van der Waals surface area contributed by atoms with Crippen molar-refractivity contribution < 1.29 is 29.2 Å². The molecule has 7 heteroatoms. The average molecular weight is 476 g/mol. The molecule has 2 unspecified atom stereocenters. The molecule has 0 aliphatic heterocycles. The Morgan fingerprint density at radius 2 is 1.42 bits per heavy atom. The summed E-state index contributed by atoms with van der Waals surface area (Å²) in [6.45, 7) is 9.07. The molecule has 0 rings (SSSR count). The zero-order valence-electron chi connectivity index (χ0n) is 21.8. The zero-order chi connectivity index (χ0) is 24.6. The van der Waals surface area contributed by atoms with E-state index in [1.54, 1.807) is 4.90 Å². The van der Waals surface area contributed by atoms with Crippen molar-refractivity contribution in [2.24, 2.45) is 0 Å². The highest BCUT2D eigenvalue weighted by molar-refractivity contribution is 5.75. The first-order chi connectivity index (χ1) is 16.1. The lowest BCUT2D eigenvalue weighted by atomic mass is 10.1. The van der Waals surface area contributed by atoms with Crippen LogP contribution in [0.4, 0.5) is 0 Å². The van der Waals surface area contributed by atoms with Crippen LogP contribution in [0, 0.1) is 0 Å². The summed E-state index contributed by atoms with van der Waals surface area (Å²) in [5.74, 6) is 0.0671. The maximum atomic E-state index is 12.4. The van der Waals surface area contributed by atoms with E-state index in [9.17, 15) is 9.90 Å². The third-order valence-electron chi connectivity index (χ3n) is 5.68. The molecule has 7 nitrogen and oxygen atoms in total. The average Bonchev–Trinajstić information content (AvgIpc) is 2.83. The normalized spacial score (nSPS) is 13.2. The lowest BCUT2D eigenvalue weighted by Crippen LogP contribution is -2.42. The van der Waals surface area contributed by atoms with E-state index in [0.717, 1.165) is 12.8 Å². The highest BCUT2D eigenvalue weighted by Gasteiger charge is 2.20. The Hall–Kier alpha value is -0.730. The van der Waals surface area contributed by atoms with E-state index >= 15 is 0 Å². The van der Waals surface area contributed by atoms with Crippen LogP contribution in [0.3, 0.4) is 0 Å². The Morgan fingerprint density at radius 1 is 0.818 bits per heavy atom.